The van der Waals surface area contributed by atoms with Crippen LogP contribution in [0.1, 0.15) is 13.3 Å². The summed E-state index contributed by atoms with van der Waals surface area (Å²) in [5, 5.41) is 3.40. The lowest BCUT2D eigenvalue weighted by atomic mass is 10.2. The van der Waals surface area contributed by atoms with Gasteiger partial charge in [0.25, 0.3) is 0 Å². The lowest BCUT2D eigenvalue weighted by Crippen LogP contribution is -2.50. The highest BCUT2D eigenvalue weighted by molar-refractivity contribution is 5.74. The van der Waals surface area contributed by atoms with Crippen LogP contribution < -0.4 is 11.0 Å². The second-order valence-corrected chi connectivity index (χ2v) is 5.54. The van der Waals surface area contributed by atoms with Gasteiger partial charge in [0.15, 0.2) is 0 Å². The zero-order valence-electron chi connectivity index (χ0n) is 11.9. The Morgan fingerprint density at radius 2 is 2.15 bits per heavy atom. The second-order valence-electron chi connectivity index (χ2n) is 5.54. The fourth-order valence-corrected chi connectivity index (χ4v) is 2.98. The van der Waals surface area contributed by atoms with E-state index in [4.69, 9.17) is 0 Å². The van der Waals surface area contributed by atoms with Gasteiger partial charge in [0, 0.05) is 38.8 Å². The molecule has 1 fully saturated rings. The van der Waals surface area contributed by atoms with E-state index in [9.17, 15) is 4.79 Å². The van der Waals surface area contributed by atoms with E-state index in [1.54, 1.807) is 0 Å². The van der Waals surface area contributed by atoms with Gasteiger partial charge in [-0.2, -0.15) is 0 Å². The molecule has 2 aromatic rings. The topological polar surface area (TPSA) is 53.1 Å². The van der Waals surface area contributed by atoms with Crippen molar-refractivity contribution in [1.29, 1.82) is 0 Å². The van der Waals surface area contributed by atoms with E-state index in [1.807, 2.05) is 28.8 Å². The summed E-state index contributed by atoms with van der Waals surface area (Å²) >= 11 is 0. The number of para-hydroxylation sites is 2. The Bertz CT molecular complexity index is 630. The third-order valence-corrected chi connectivity index (χ3v) is 4.15. The Morgan fingerprint density at radius 3 is 3.00 bits per heavy atom. The summed E-state index contributed by atoms with van der Waals surface area (Å²) in [6, 6.07) is 8.46. The minimum absolute atomic E-state index is 0.000408. The van der Waals surface area contributed by atoms with Crippen LogP contribution in [0.2, 0.25) is 0 Å². The number of piperazine rings is 1. The summed E-state index contributed by atoms with van der Waals surface area (Å²) in [5.41, 5.74) is 1.93. The van der Waals surface area contributed by atoms with Gasteiger partial charge in [0.1, 0.15) is 0 Å². The first kappa shape index (κ1) is 13.4. The number of aryl methyl sites for hydroxylation is 1. The first-order valence-corrected chi connectivity index (χ1v) is 7.38. The van der Waals surface area contributed by atoms with Crippen LogP contribution in [-0.2, 0) is 6.54 Å². The molecule has 1 saturated heterocycles. The number of nitrogens with one attached hydrogen (secondary N) is 2. The van der Waals surface area contributed by atoms with Gasteiger partial charge >= 0.3 is 5.69 Å². The number of hydrogen-bond acceptors (Lipinski definition) is 3. The van der Waals surface area contributed by atoms with E-state index in [0.29, 0.717) is 6.04 Å². The normalized spacial score (nSPS) is 20.6. The SMILES string of the molecule is C[C@@H]1CNCCN1CCCn1c(=O)[nH]c2ccccc21. The number of fused-ring (bicyclic) bond motifs is 1. The lowest BCUT2D eigenvalue weighted by Gasteiger charge is -2.33. The fraction of sp³-hybridized carbons (Fsp3) is 0.533. The van der Waals surface area contributed by atoms with Crippen LogP contribution in [0.3, 0.4) is 0 Å². The fourth-order valence-electron chi connectivity index (χ4n) is 2.98. The molecule has 2 heterocycles. The van der Waals surface area contributed by atoms with Crippen molar-refractivity contribution in [3.05, 3.63) is 34.7 Å². The van der Waals surface area contributed by atoms with E-state index in [2.05, 4.69) is 22.1 Å². The third kappa shape index (κ3) is 2.64. The van der Waals surface area contributed by atoms with Gasteiger partial charge < -0.3 is 10.3 Å². The summed E-state index contributed by atoms with van der Waals surface area (Å²) in [5.74, 6) is 0. The number of nitrogens with zero attached hydrogens (tertiary/aromatic N) is 2. The highest BCUT2D eigenvalue weighted by Crippen LogP contribution is 2.10. The van der Waals surface area contributed by atoms with Crippen LogP contribution in [0.25, 0.3) is 11.0 Å². The number of hydrogen-bond donors (Lipinski definition) is 2. The molecule has 0 bridgehead atoms. The summed E-state index contributed by atoms with van der Waals surface area (Å²) in [4.78, 5) is 17.4. The monoisotopic (exact) mass is 274 g/mol. The summed E-state index contributed by atoms with van der Waals surface area (Å²) < 4.78 is 1.85. The van der Waals surface area contributed by atoms with Crippen molar-refractivity contribution in [2.24, 2.45) is 0 Å². The number of aromatic nitrogens is 2. The van der Waals surface area contributed by atoms with E-state index in [1.165, 1.54) is 0 Å². The van der Waals surface area contributed by atoms with Crippen molar-refractivity contribution in [2.45, 2.75) is 25.9 Å². The molecule has 0 spiro atoms. The zero-order valence-corrected chi connectivity index (χ0v) is 11.9. The van der Waals surface area contributed by atoms with Crippen molar-refractivity contribution in [3.63, 3.8) is 0 Å². The smallest absolute Gasteiger partial charge is 0.314 e. The van der Waals surface area contributed by atoms with Crippen LogP contribution in [0.15, 0.2) is 29.1 Å². The molecule has 0 unspecified atom stereocenters. The van der Waals surface area contributed by atoms with Gasteiger partial charge in [-0.25, -0.2) is 4.79 Å². The standard InChI is InChI=1S/C15H22N4O/c1-12-11-16-7-10-18(12)8-4-9-19-14-6-3-2-5-13(14)17-15(19)20/h2-3,5-6,12,16H,4,7-11H2,1H3,(H,17,20)/t12-/m1/s1. The van der Waals surface area contributed by atoms with E-state index in [-0.39, 0.29) is 5.69 Å². The average molecular weight is 274 g/mol. The van der Waals surface area contributed by atoms with Gasteiger partial charge in [-0.1, -0.05) is 12.1 Å². The van der Waals surface area contributed by atoms with Gasteiger partial charge in [0.05, 0.1) is 11.0 Å². The Balaban J connectivity index is 1.65. The molecule has 20 heavy (non-hydrogen) atoms. The highest BCUT2D eigenvalue weighted by Gasteiger charge is 2.17. The number of benzene rings is 1. The Kier molecular flexibility index (Phi) is 3.89. The molecule has 108 valence electrons. The lowest BCUT2D eigenvalue weighted by molar-refractivity contribution is 0.169. The van der Waals surface area contributed by atoms with Crippen LogP contribution in [0.4, 0.5) is 0 Å². The molecule has 2 N–H and O–H groups in total. The van der Waals surface area contributed by atoms with E-state index >= 15 is 0 Å². The van der Waals surface area contributed by atoms with Crippen molar-refractivity contribution in [1.82, 2.24) is 19.8 Å². The molecule has 1 aliphatic heterocycles. The maximum absolute atomic E-state index is 12.0. The first-order chi connectivity index (χ1) is 9.75. The van der Waals surface area contributed by atoms with Crippen molar-refractivity contribution < 1.29 is 0 Å². The molecule has 1 atom stereocenters. The molecule has 1 aromatic heterocycles. The van der Waals surface area contributed by atoms with Crippen LogP contribution >= 0.6 is 0 Å². The van der Waals surface area contributed by atoms with Gasteiger partial charge in [-0.05, 0) is 25.5 Å². The summed E-state index contributed by atoms with van der Waals surface area (Å²) in [6.07, 6.45) is 1.01. The maximum Gasteiger partial charge on any atom is 0.326 e. The second kappa shape index (κ2) is 5.81. The molecule has 1 aromatic carbocycles. The predicted octanol–water partition coefficient (Wildman–Crippen LogP) is 1.01. The largest absolute Gasteiger partial charge is 0.326 e. The molecule has 0 saturated carbocycles. The third-order valence-electron chi connectivity index (χ3n) is 4.15. The van der Waals surface area contributed by atoms with Crippen molar-refractivity contribution >= 4 is 11.0 Å². The highest BCUT2D eigenvalue weighted by atomic mass is 16.1. The predicted molar refractivity (Wildman–Crippen MR) is 81.1 cm³/mol. The van der Waals surface area contributed by atoms with E-state index in [0.717, 1.165) is 50.2 Å². The number of aromatic amines is 1. The molecular weight excluding hydrogens is 252 g/mol. The number of imidazole rings is 1. The molecule has 5 nitrogen and oxygen atoms in total. The maximum atomic E-state index is 12.0. The minimum Gasteiger partial charge on any atom is -0.314 e. The first-order valence-electron chi connectivity index (χ1n) is 7.38. The Labute approximate surface area is 118 Å². The molecule has 0 radical (unpaired) electrons. The van der Waals surface area contributed by atoms with Gasteiger partial charge in [-0.15, -0.1) is 0 Å². The Hall–Kier alpha value is -1.59. The molecule has 1 aliphatic rings. The molecule has 5 heteroatoms. The van der Waals surface area contributed by atoms with Crippen LogP contribution in [0, 0.1) is 0 Å². The summed E-state index contributed by atoms with van der Waals surface area (Å²) in [7, 11) is 0. The molecular formula is C15H22N4O. The molecule has 3 rings (SSSR count). The number of rotatable bonds is 4. The van der Waals surface area contributed by atoms with Crippen LogP contribution in [-0.4, -0.2) is 46.7 Å². The van der Waals surface area contributed by atoms with Gasteiger partial charge in [-0.3, -0.25) is 9.47 Å². The quantitative estimate of drug-likeness (QED) is 0.875. The Morgan fingerprint density at radius 1 is 1.30 bits per heavy atom. The van der Waals surface area contributed by atoms with Crippen LogP contribution in [0.5, 0.6) is 0 Å². The van der Waals surface area contributed by atoms with Crippen molar-refractivity contribution in [2.75, 3.05) is 26.2 Å². The van der Waals surface area contributed by atoms with Gasteiger partial charge in [0.2, 0.25) is 0 Å². The number of H-pyrrole nitrogens is 1. The van der Waals surface area contributed by atoms with Crippen molar-refractivity contribution in [3.8, 4) is 0 Å². The molecule has 0 aliphatic carbocycles. The summed E-state index contributed by atoms with van der Waals surface area (Å²) in [6.45, 7) is 7.31. The van der Waals surface area contributed by atoms with E-state index < -0.39 is 0 Å². The average Bonchev–Trinajstić information content (AvgIpc) is 2.77. The zero-order chi connectivity index (χ0) is 13.9. The molecule has 0 amide bonds. The minimum atomic E-state index is -0.000408.